The van der Waals surface area contributed by atoms with Crippen LogP contribution in [0.25, 0.3) is 0 Å². The molecule has 3 rings (SSSR count). The number of benzene rings is 1. The van der Waals surface area contributed by atoms with Crippen molar-refractivity contribution in [3.8, 4) is 0 Å². The van der Waals surface area contributed by atoms with E-state index < -0.39 is 41.0 Å². The first kappa shape index (κ1) is 21.0. The van der Waals surface area contributed by atoms with Crippen molar-refractivity contribution in [1.29, 1.82) is 0 Å². The summed E-state index contributed by atoms with van der Waals surface area (Å²) < 4.78 is 10.4. The molecule has 9 heteroatoms. The minimum atomic E-state index is -1.91. The number of nitrogens with zero attached hydrogens (tertiary/aromatic N) is 2. The molecule has 2 fully saturated rings. The van der Waals surface area contributed by atoms with Gasteiger partial charge in [0.25, 0.3) is 5.91 Å². The van der Waals surface area contributed by atoms with Gasteiger partial charge in [-0.2, -0.15) is 0 Å². The van der Waals surface area contributed by atoms with Gasteiger partial charge in [-0.05, 0) is 31.9 Å². The van der Waals surface area contributed by atoms with Crippen LogP contribution < -0.4 is 0 Å². The van der Waals surface area contributed by atoms with E-state index in [1.165, 1.54) is 14.0 Å². The number of allylic oxidation sites excluding steroid dienone is 1. The number of carbonyl (C=O) groups excluding carboxylic acids is 4. The molecule has 0 aromatic heterocycles. The maximum absolute atomic E-state index is 13.2. The number of fused-ring (bicyclic) bond motifs is 1. The number of ketones is 1. The average Bonchev–Trinajstić information content (AvgIpc) is 2.95. The predicted molar refractivity (Wildman–Crippen MR) is 102 cm³/mol. The Labute approximate surface area is 173 Å². The summed E-state index contributed by atoms with van der Waals surface area (Å²) in [5, 5.41) is 0. The normalized spacial score (nSPS) is 25.2. The highest BCUT2D eigenvalue weighted by atomic mass is 35.5. The number of esters is 1. The van der Waals surface area contributed by atoms with Gasteiger partial charge < -0.3 is 9.47 Å². The molecule has 29 heavy (non-hydrogen) atoms. The molecule has 2 amide bonds. The van der Waals surface area contributed by atoms with Crippen LogP contribution in [0.5, 0.6) is 0 Å². The fraction of sp³-hybridized carbons (Fsp3) is 0.400. The van der Waals surface area contributed by atoms with Gasteiger partial charge in [0, 0.05) is 0 Å². The predicted octanol–water partition coefficient (Wildman–Crippen LogP) is 1.57. The number of hydrogen-bond donors (Lipinski definition) is 0. The number of methoxy groups -OCH3 is 1. The van der Waals surface area contributed by atoms with Gasteiger partial charge in [-0.1, -0.05) is 41.9 Å². The summed E-state index contributed by atoms with van der Waals surface area (Å²) in [5.41, 5.74) is -2.10. The number of Topliss-reactive ketones (excluding diaryl/α,β-unsaturated/α-hetero) is 1. The standard InChI is InChI=1S/C20H21ClN2O6/c1-11(2)15(16(26)28-4)22-17(27)20(12(3)24)18(22)29-19(21)23(20)14(25)10-13-8-6-5-7-9-13/h5-9,18-19H,10H2,1-4H3. The van der Waals surface area contributed by atoms with Crippen molar-refractivity contribution in [1.82, 2.24) is 9.80 Å². The number of alkyl halides is 1. The van der Waals surface area contributed by atoms with Crippen molar-refractivity contribution in [3.63, 3.8) is 0 Å². The zero-order valence-corrected chi connectivity index (χ0v) is 17.2. The summed E-state index contributed by atoms with van der Waals surface area (Å²) in [6, 6.07) is 8.87. The van der Waals surface area contributed by atoms with Crippen LogP contribution in [0.2, 0.25) is 0 Å². The van der Waals surface area contributed by atoms with Crippen molar-refractivity contribution in [2.75, 3.05) is 7.11 Å². The zero-order valence-electron chi connectivity index (χ0n) is 16.5. The molecule has 0 saturated carbocycles. The first-order valence-corrected chi connectivity index (χ1v) is 9.37. The van der Waals surface area contributed by atoms with Gasteiger partial charge in [0.15, 0.2) is 12.0 Å². The summed E-state index contributed by atoms with van der Waals surface area (Å²) in [5.74, 6) is -2.62. The van der Waals surface area contributed by atoms with Gasteiger partial charge in [-0.15, -0.1) is 0 Å². The van der Waals surface area contributed by atoms with E-state index >= 15 is 0 Å². The highest BCUT2D eigenvalue weighted by Gasteiger charge is 2.76. The number of carbonyl (C=O) groups is 4. The SMILES string of the molecule is COC(=O)C(=C(C)C)N1C(=O)C2(C(C)=O)C1OC(Cl)N2C(=O)Cc1ccccc1. The Morgan fingerprint density at radius 2 is 1.79 bits per heavy atom. The van der Waals surface area contributed by atoms with Crippen molar-refractivity contribution < 1.29 is 28.7 Å². The third-order valence-corrected chi connectivity index (χ3v) is 5.36. The van der Waals surface area contributed by atoms with Gasteiger partial charge in [0.2, 0.25) is 17.1 Å². The maximum Gasteiger partial charge on any atom is 0.354 e. The highest BCUT2D eigenvalue weighted by molar-refractivity contribution is 6.25. The van der Waals surface area contributed by atoms with E-state index in [1.807, 2.05) is 6.07 Å². The van der Waals surface area contributed by atoms with Crippen molar-refractivity contribution in [3.05, 3.63) is 47.2 Å². The van der Waals surface area contributed by atoms with Crippen LogP contribution in [0.3, 0.4) is 0 Å². The Morgan fingerprint density at radius 3 is 2.31 bits per heavy atom. The summed E-state index contributed by atoms with van der Waals surface area (Å²) in [6.45, 7) is 4.45. The van der Waals surface area contributed by atoms with Gasteiger partial charge >= 0.3 is 5.97 Å². The molecule has 2 heterocycles. The van der Waals surface area contributed by atoms with E-state index in [-0.39, 0.29) is 12.1 Å². The van der Waals surface area contributed by atoms with E-state index in [4.69, 9.17) is 21.1 Å². The maximum atomic E-state index is 13.2. The summed E-state index contributed by atoms with van der Waals surface area (Å²) >= 11 is 6.25. The Hall–Kier alpha value is -2.71. The van der Waals surface area contributed by atoms with Crippen LogP contribution in [0.1, 0.15) is 26.3 Å². The average molecular weight is 421 g/mol. The van der Waals surface area contributed by atoms with Crippen molar-refractivity contribution in [2.45, 2.75) is 44.6 Å². The summed E-state index contributed by atoms with van der Waals surface area (Å²) in [7, 11) is 1.18. The smallest absolute Gasteiger partial charge is 0.354 e. The van der Waals surface area contributed by atoms with Crippen molar-refractivity contribution in [2.24, 2.45) is 0 Å². The molecule has 8 nitrogen and oxygen atoms in total. The Kier molecular flexibility index (Phi) is 5.51. The summed E-state index contributed by atoms with van der Waals surface area (Å²) in [6.07, 6.45) is -1.27. The Bertz CT molecular complexity index is 911. The molecular formula is C20H21ClN2O6. The van der Waals surface area contributed by atoms with E-state index in [0.29, 0.717) is 11.1 Å². The number of rotatable bonds is 5. The lowest BCUT2D eigenvalue weighted by Crippen LogP contribution is -2.80. The molecule has 3 unspecified atom stereocenters. The van der Waals surface area contributed by atoms with Gasteiger partial charge in [0.05, 0.1) is 13.5 Å². The van der Waals surface area contributed by atoms with E-state index in [9.17, 15) is 19.2 Å². The van der Waals surface area contributed by atoms with Gasteiger partial charge in [0.1, 0.15) is 5.70 Å². The first-order valence-electron chi connectivity index (χ1n) is 8.94. The molecule has 3 atom stereocenters. The third-order valence-electron chi connectivity index (χ3n) is 5.06. The lowest BCUT2D eigenvalue weighted by atomic mass is 9.80. The van der Waals surface area contributed by atoms with Gasteiger partial charge in [-0.3, -0.25) is 24.2 Å². The van der Waals surface area contributed by atoms with Crippen molar-refractivity contribution >= 4 is 35.2 Å². The lowest BCUT2D eigenvalue weighted by Gasteiger charge is -2.51. The summed E-state index contributed by atoms with van der Waals surface area (Å²) in [4.78, 5) is 53.1. The zero-order chi connectivity index (χ0) is 21.5. The Morgan fingerprint density at radius 1 is 1.17 bits per heavy atom. The number of ether oxygens (including phenoxy) is 2. The molecule has 154 valence electrons. The van der Waals surface area contributed by atoms with Crippen LogP contribution in [-0.2, 0) is 35.1 Å². The molecule has 1 aromatic carbocycles. The fourth-order valence-corrected chi connectivity index (χ4v) is 4.10. The monoisotopic (exact) mass is 420 g/mol. The van der Waals surface area contributed by atoms with Crippen LogP contribution in [0, 0.1) is 0 Å². The largest absolute Gasteiger partial charge is 0.464 e. The van der Waals surface area contributed by atoms with Crippen LogP contribution in [0.4, 0.5) is 0 Å². The molecule has 2 aliphatic heterocycles. The second-order valence-corrected chi connectivity index (χ2v) is 7.42. The molecule has 2 aliphatic rings. The fourth-order valence-electron chi connectivity index (χ4n) is 3.74. The molecule has 0 spiro atoms. The number of halogens is 1. The molecule has 0 radical (unpaired) electrons. The topological polar surface area (TPSA) is 93.2 Å². The second kappa shape index (κ2) is 7.61. The molecule has 1 aromatic rings. The van der Waals surface area contributed by atoms with E-state index in [1.54, 1.807) is 38.1 Å². The highest BCUT2D eigenvalue weighted by Crippen LogP contribution is 2.49. The minimum Gasteiger partial charge on any atom is -0.464 e. The van der Waals surface area contributed by atoms with Crippen LogP contribution in [0.15, 0.2) is 41.6 Å². The van der Waals surface area contributed by atoms with Crippen LogP contribution in [-0.4, -0.2) is 57.9 Å². The number of β-lactam (4-membered cyclic amide) rings is 1. The van der Waals surface area contributed by atoms with E-state index in [0.717, 1.165) is 9.80 Å². The minimum absolute atomic E-state index is 0.0411. The van der Waals surface area contributed by atoms with Crippen LogP contribution >= 0.6 is 11.6 Å². The molecule has 0 aliphatic carbocycles. The number of amides is 2. The molecular weight excluding hydrogens is 400 g/mol. The lowest BCUT2D eigenvalue weighted by molar-refractivity contribution is -0.187. The van der Waals surface area contributed by atoms with E-state index in [2.05, 4.69) is 0 Å². The number of likely N-dealkylation sites (tertiary alicyclic amines) is 1. The molecule has 0 bridgehead atoms. The number of hydrogen-bond acceptors (Lipinski definition) is 6. The molecule has 0 N–H and O–H groups in total. The van der Waals surface area contributed by atoms with Gasteiger partial charge in [-0.25, -0.2) is 4.79 Å². The Balaban J connectivity index is 2.00. The molecule has 2 saturated heterocycles. The first-order chi connectivity index (χ1) is 13.7. The second-order valence-electron chi connectivity index (χ2n) is 7.04. The quantitative estimate of drug-likeness (QED) is 0.179. The third kappa shape index (κ3) is 3.03.